The van der Waals surface area contributed by atoms with Crippen molar-refractivity contribution < 1.29 is 19.0 Å². The maximum absolute atomic E-state index is 13.4. The Morgan fingerprint density at radius 3 is 2.30 bits per heavy atom. The topological polar surface area (TPSA) is 48.0 Å². The summed E-state index contributed by atoms with van der Waals surface area (Å²) in [6.07, 6.45) is 2.15. The molecule has 5 atom stereocenters. The third-order valence-corrected chi connectivity index (χ3v) is 6.65. The lowest BCUT2D eigenvalue weighted by molar-refractivity contribution is -0.164. The van der Waals surface area contributed by atoms with Gasteiger partial charge in [0.15, 0.2) is 0 Å². The van der Waals surface area contributed by atoms with Gasteiger partial charge in [0.05, 0.1) is 12.1 Å². The molecule has 0 aromatic heterocycles. The zero-order valence-electron chi connectivity index (χ0n) is 15.1. The van der Waals surface area contributed by atoms with E-state index in [1.54, 1.807) is 0 Å². The highest BCUT2D eigenvalue weighted by Gasteiger charge is 2.60. The molecule has 0 N–H and O–H groups in total. The van der Waals surface area contributed by atoms with Crippen LogP contribution < -0.4 is 4.74 Å². The van der Waals surface area contributed by atoms with Gasteiger partial charge in [0.2, 0.25) is 0 Å². The molecule has 4 fully saturated rings. The number of rotatable bonds is 2. The normalized spacial score (nSPS) is 33.4. The number of esters is 1. The number of ether oxygens (including phenoxy) is 3. The molecule has 2 aromatic rings. The first-order valence-electron chi connectivity index (χ1n) is 9.64. The summed E-state index contributed by atoms with van der Waals surface area (Å²) in [4.78, 5) is 15.7. The lowest BCUT2D eigenvalue weighted by Crippen LogP contribution is -2.47. The molecule has 5 aliphatic heterocycles. The van der Waals surface area contributed by atoms with E-state index in [4.69, 9.17) is 14.2 Å². The van der Waals surface area contributed by atoms with Crippen LogP contribution in [-0.4, -0.2) is 48.3 Å². The second-order valence-electron chi connectivity index (χ2n) is 8.01. The summed E-state index contributed by atoms with van der Waals surface area (Å²) in [5.74, 6) is 0.768. The first-order chi connectivity index (χ1) is 13.2. The van der Waals surface area contributed by atoms with E-state index in [-0.39, 0.29) is 24.2 Å². The Balaban J connectivity index is 1.35. The summed E-state index contributed by atoms with van der Waals surface area (Å²) in [7, 11) is 2.13. The fraction of sp³-hybridized carbons (Fsp3) is 0.409. The van der Waals surface area contributed by atoms with Crippen LogP contribution in [-0.2, 0) is 14.3 Å². The van der Waals surface area contributed by atoms with E-state index in [2.05, 4.69) is 11.9 Å². The molecule has 0 spiro atoms. The number of carbonyl (C=O) groups is 1. The summed E-state index contributed by atoms with van der Waals surface area (Å²) >= 11 is 0. The minimum Gasteiger partial charge on any atom is -0.457 e. The van der Waals surface area contributed by atoms with Crippen molar-refractivity contribution >= 4 is 5.97 Å². The van der Waals surface area contributed by atoms with Gasteiger partial charge in [-0.25, -0.2) is 0 Å². The number of hydrogen-bond acceptors (Lipinski definition) is 5. The number of carbonyl (C=O) groups excluding carboxylic acids is 1. The molecule has 4 bridgehead atoms. The van der Waals surface area contributed by atoms with Crippen LogP contribution in [0.4, 0.5) is 0 Å². The van der Waals surface area contributed by atoms with Crippen molar-refractivity contribution in [2.24, 2.45) is 0 Å². The highest BCUT2D eigenvalue weighted by atomic mass is 16.6. The lowest BCUT2D eigenvalue weighted by atomic mass is 9.88. The molecule has 0 amide bonds. The molecule has 138 valence electrons. The monoisotopic (exact) mass is 363 g/mol. The molecule has 27 heavy (non-hydrogen) atoms. The third-order valence-electron chi connectivity index (χ3n) is 6.65. The Kier molecular flexibility index (Phi) is 3.23. The SMILES string of the molecule is CN1C2CC3CC1C(O3)C2OC(=O)C1c2ccccc2Oc2ccccc21. The molecule has 5 unspecified atom stereocenters. The molecule has 5 heterocycles. The summed E-state index contributed by atoms with van der Waals surface area (Å²) in [5.41, 5.74) is 1.73. The molecule has 5 nitrogen and oxygen atoms in total. The molecule has 7 rings (SSSR count). The maximum atomic E-state index is 13.4. The smallest absolute Gasteiger partial charge is 0.318 e. The van der Waals surface area contributed by atoms with Gasteiger partial charge in [0, 0.05) is 17.2 Å². The molecule has 5 heteroatoms. The Hall–Kier alpha value is -2.37. The van der Waals surface area contributed by atoms with E-state index >= 15 is 0 Å². The lowest BCUT2D eigenvalue weighted by Gasteiger charge is -2.36. The number of fused-ring (bicyclic) bond motifs is 2. The first kappa shape index (κ1) is 15.7. The summed E-state index contributed by atoms with van der Waals surface area (Å²) in [6.45, 7) is 0. The second kappa shape index (κ2) is 5.57. The van der Waals surface area contributed by atoms with Gasteiger partial charge in [-0.3, -0.25) is 9.69 Å². The number of nitrogens with zero attached hydrogens (tertiary/aromatic N) is 1. The second-order valence-corrected chi connectivity index (χ2v) is 8.01. The van der Waals surface area contributed by atoms with Crippen LogP contribution in [0.3, 0.4) is 0 Å². The summed E-state index contributed by atoms with van der Waals surface area (Å²) in [5, 5.41) is 0. The zero-order chi connectivity index (χ0) is 18.1. The van der Waals surface area contributed by atoms with Gasteiger partial charge in [-0.15, -0.1) is 0 Å². The van der Waals surface area contributed by atoms with E-state index in [0.29, 0.717) is 12.1 Å². The summed E-state index contributed by atoms with van der Waals surface area (Å²) < 4.78 is 18.3. The highest BCUT2D eigenvalue weighted by molar-refractivity contribution is 5.85. The fourth-order valence-corrected chi connectivity index (χ4v) is 5.40. The van der Waals surface area contributed by atoms with E-state index in [0.717, 1.165) is 35.5 Å². The molecule has 0 radical (unpaired) electrons. The Morgan fingerprint density at radius 2 is 1.63 bits per heavy atom. The predicted octanol–water partition coefficient (Wildman–Crippen LogP) is 3.08. The van der Waals surface area contributed by atoms with Crippen molar-refractivity contribution in [3.05, 3.63) is 59.7 Å². The Morgan fingerprint density at radius 1 is 1.00 bits per heavy atom. The highest BCUT2D eigenvalue weighted by Crippen LogP contribution is 2.48. The minimum atomic E-state index is -0.465. The van der Waals surface area contributed by atoms with Gasteiger partial charge in [-0.1, -0.05) is 36.4 Å². The maximum Gasteiger partial charge on any atom is 0.318 e. The average Bonchev–Trinajstić information content (AvgIpc) is 3.10. The summed E-state index contributed by atoms with van der Waals surface area (Å²) in [6, 6.07) is 16.1. The third kappa shape index (κ3) is 2.15. The van der Waals surface area contributed by atoms with Crippen LogP contribution in [0.15, 0.2) is 48.5 Å². The standard InChI is InChI=1S/C22H21NO4/c1-23-15-10-12-11-16(23)21(20(15)25-12)27-22(24)19-13-6-2-4-8-17(13)26-18-9-5-3-7-14(18)19/h2-9,12,15-16,19-21H,10-11H2,1H3. The molecule has 0 saturated carbocycles. The predicted molar refractivity (Wildman–Crippen MR) is 97.9 cm³/mol. The van der Waals surface area contributed by atoms with E-state index < -0.39 is 5.92 Å². The number of piperidine rings is 1. The molecule has 0 aliphatic carbocycles. The minimum absolute atomic E-state index is 0.00743. The fourth-order valence-electron chi connectivity index (χ4n) is 5.40. The van der Waals surface area contributed by atoms with Crippen molar-refractivity contribution in [2.75, 3.05) is 7.05 Å². The van der Waals surface area contributed by atoms with Crippen LogP contribution in [0.5, 0.6) is 11.5 Å². The van der Waals surface area contributed by atoms with Crippen LogP contribution in [0.1, 0.15) is 29.9 Å². The molecular formula is C22H21NO4. The van der Waals surface area contributed by atoms with E-state index in [1.165, 1.54) is 0 Å². The molecule has 2 aromatic carbocycles. The van der Waals surface area contributed by atoms with Crippen molar-refractivity contribution in [1.82, 2.24) is 4.90 Å². The Bertz CT molecular complexity index is 881. The van der Waals surface area contributed by atoms with Crippen LogP contribution in [0.25, 0.3) is 0 Å². The van der Waals surface area contributed by atoms with Crippen LogP contribution >= 0.6 is 0 Å². The van der Waals surface area contributed by atoms with Gasteiger partial charge in [0.1, 0.15) is 29.6 Å². The molecule has 5 aliphatic rings. The van der Waals surface area contributed by atoms with E-state index in [1.807, 2.05) is 48.5 Å². The molecule has 4 saturated heterocycles. The Labute approximate surface area is 157 Å². The van der Waals surface area contributed by atoms with Crippen molar-refractivity contribution in [3.8, 4) is 11.5 Å². The van der Waals surface area contributed by atoms with Crippen molar-refractivity contribution in [2.45, 2.75) is 49.2 Å². The molecular weight excluding hydrogens is 342 g/mol. The number of hydrogen-bond donors (Lipinski definition) is 0. The average molecular weight is 363 g/mol. The van der Waals surface area contributed by atoms with Gasteiger partial charge < -0.3 is 14.2 Å². The van der Waals surface area contributed by atoms with Gasteiger partial charge >= 0.3 is 5.97 Å². The quantitative estimate of drug-likeness (QED) is 0.768. The van der Waals surface area contributed by atoms with Crippen molar-refractivity contribution in [1.29, 1.82) is 0 Å². The van der Waals surface area contributed by atoms with Crippen molar-refractivity contribution in [3.63, 3.8) is 0 Å². The van der Waals surface area contributed by atoms with Gasteiger partial charge in [-0.2, -0.15) is 0 Å². The largest absolute Gasteiger partial charge is 0.457 e. The van der Waals surface area contributed by atoms with E-state index in [9.17, 15) is 4.79 Å². The number of benzene rings is 2. The first-order valence-corrected chi connectivity index (χ1v) is 9.64. The number of para-hydroxylation sites is 2. The van der Waals surface area contributed by atoms with Crippen LogP contribution in [0.2, 0.25) is 0 Å². The zero-order valence-corrected chi connectivity index (χ0v) is 15.1. The number of likely N-dealkylation sites (N-methyl/N-ethyl adjacent to an activating group) is 1. The van der Waals surface area contributed by atoms with Gasteiger partial charge in [0.25, 0.3) is 0 Å². The van der Waals surface area contributed by atoms with Crippen LogP contribution in [0, 0.1) is 0 Å². The van der Waals surface area contributed by atoms with Gasteiger partial charge in [-0.05, 0) is 32.0 Å².